The van der Waals surface area contributed by atoms with Gasteiger partial charge in [0.1, 0.15) is 28.2 Å². The smallest absolute Gasteiger partial charge is 0.308 e. The summed E-state index contributed by atoms with van der Waals surface area (Å²) in [6.07, 6.45) is 0. The molecule has 30 heavy (non-hydrogen) atoms. The van der Waals surface area contributed by atoms with Gasteiger partial charge in [-0.1, -0.05) is 0 Å². The van der Waals surface area contributed by atoms with Crippen LogP contribution in [0.3, 0.4) is 0 Å². The highest BCUT2D eigenvalue weighted by Crippen LogP contribution is 2.41. The predicted octanol–water partition coefficient (Wildman–Crippen LogP) is 3.03. The Labute approximate surface area is 170 Å². The summed E-state index contributed by atoms with van der Waals surface area (Å²) >= 11 is 0. The number of benzene rings is 2. The van der Waals surface area contributed by atoms with E-state index in [0.29, 0.717) is 5.56 Å². The Morgan fingerprint density at radius 2 is 1.47 bits per heavy atom. The molecule has 1 heterocycles. The van der Waals surface area contributed by atoms with E-state index < -0.39 is 17.4 Å². The molecule has 0 spiro atoms. The van der Waals surface area contributed by atoms with E-state index in [1.54, 1.807) is 0 Å². The second kappa shape index (κ2) is 8.16. The van der Waals surface area contributed by atoms with E-state index in [1.807, 2.05) is 0 Å². The minimum absolute atomic E-state index is 0.00237. The van der Waals surface area contributed by atoms with E-state index >= 15 is 0 Å². The molecule has 3 rings (SSSR count). The van der Waals surface area contributed by atoms with Gasteiger partial charge in [-0.2, -0.15) is 0 Å². The van der Waals surface area contributed by atoms with Crippen molar-refractivity contribution >= 4 is 22.9 Å². The molecular formula is C21H18O9. The van der Waals surface area contributed by atoms with Crippen molar-refractivity contribution in [1.29, 1.82) is 0 Å². The Kier molecular flexibility index (Phi) is 5.63. The Morgan fingerprint density at radius 3 is 2.00 bits per heavy atom. The van der Waals surface area contributed by atoms with Crippen molar-refractivity contribution in [3.05, 3.63) is 40.6 Å². The SMILES string of the molecule is COc1cc(-c2cc(=O)c3c(OC(C)=O)cc(OC(C)=O)cc3o2)cc(OC)c1O. The van der Waals surface area contributed by atoms with Gasteiger partial charge in [0, 0.05) is 37.6 Å². The summed E-state index contributed by atoms with van der Waals surface area (Å²) in [4.78, 5) is 35.6. The molecule has 0 aliphatic rings. The summed E-state index contributed by atoms with van der Waals surface area (Å²) < 4.78 is 26.2. The van der Waals surface area contributed by atoms with Crippen LogP contribution in [0.1, 0.15) is 13.8 Å². The second-order valence-corrected chi connectivity index (χ2v) is 6.19. The van der Waals surface area contributed by atoms with Crippen molar-refractivity contribution in [3.63, 3.8) is 0 Å². The molecule has 9 nitrogen and oxygen atoms in total. The summed E-state index contributed by atoms with van der Waals surface area (Å²) in [5.41, 5.74) is -0.0891. The molecular weight excluding hydrogens is 396 g/mol. The maximum absolute atomic E-state index is 12.8. The number of esters is 2. The van der Waals surface area contributed by atoms with Gasteiger partial charge < -0.3 is 28.5 Å². The maximum atomic E-state index is 12.8. The molecule has 0 saturated heterocycles. The first-order valence-electron chi connectivity index (χ1n) is 8.67. The maximum Gasteiger partial charge on any atom is 0.308 e. The lowest BCUT2D eigenvalue weighted by atomic mass is 10.1. The van der Waals surface area contributed by atoms with Crippen LogP contribution >= 0.6 is 0 Å². The molecule has 156 valence electrons. The average Bonchev–Trinajstić information content (AvgIpc) is 2.66. The van der Waals surface area contributed by atoms with E-state index in [2.05, 4.69) is 0 Å². The van der Waals surface area contributed by atoms with Crippen molar-refractivity contribution in [2.75, 3.05) is 14.2 Å². The highest BCUT2D eigenvalue weighted by Gasteiger charge is 2.19. The number of hydrogen-bond acceptors (Lipinski definition) is 9. The molecule has 0 aliphatic carbocycles. The van der Waals surface area contributed by atoms with Crippen molar-refractivity contribution in [1.82, 2.24) is 0 Å². The van der Waals surface area contributed by atoms with Crippen molar-refractivity contribution in [2.45, 2.75) is 13.8 Å². The van der Waals surface area contributed by atoms with Gasteiger partial charge in [0.15, 0.2) is 16.9 Å². The third-order valence-electron chi connectivity index (χ3n) is 4.05. The molecule has 0 aliphatic heterocycles. The van der Waals surface area contributed by atoms with Gasteiger partial charge in [0.05, 0.1) is 14.2 Å². The average molecular weight is 414 g/mol. The minimum atomic E-state index is -0.659. The van der Waals surface area contributed by atoms with E-state index in [-0.39, 0.29) is 45.5 Å². The number of phenols is 1. The summed E-state index contributed by atoms with van der Waals surface area (Å²) in [5, 5.41) is 10.1. The topological polar surface area (TPSA) is 122 Å². The van der Waals surface area contributed by atoms with E-state index in [0.717, 1.165) is 0 Å². The number of aromatic hydroxyl groups is 1. The van der Waals surface area contributed by atoms with Crippen LogP contribution in [-0.4, -0.2) is 31.3 Å². The second-order valence-electron chi connectivity index (χ2n) is 6.19. The molecule has 3 aromatic rings. The van der Waals surface area contributed by atoms with Crippen molar-refractivity contribution in [3.8, 4) is 40.1 Å². The zero-order chi connectivity index (χ0) is 22.0. The first-order chi connectivity index (χ1) is 14.2. The van der Waals surface area contributed by atoms with Gasteiger partial charge in [-0.25, -0.2) is 0 Å². The van der Waals surface area contributed by atoms with Crippen LogP contribution in [-0.2, 0) is 9.59 Å². The van der Waals surface area contributed by atoms with Crippen LogP contribution in [0.15, 0.2) is 39.5 Å². The third-order valence-corrected chi connectivity index (χ3v) is 4.05. The van der Waals surface area contributed by atoms with E-state index in [4.69, 9.17) is 23.4 Å². The third kappa shape index (κ3) is 4.04. The number of methoxy groups -OCH3 is 2. The molecule has 0 bridgehead atoms. The quantitative estimate of drug-likeness (QED) is 0.496. The van der Waals surface area contributed by atoms with E-state index in [1.165, 1.54) is 58.4 Å². The number of rotatable bonds is 5. The Morgan fingerprint density at radius 1 is 0.867 bits per heavy atom. The molecule has 0 radical (unpaired) electrons. The molecule has 0 atom stereocenters. The van der Waals surface area contributed by atoms with Crippen LogP contribution < -0.4 is 24.4 Å². The van der Waals surface area contributed by atoms with Gasteiger partial charge >= 0.3 is 11.9 Å². The normalized spacial score (nSPS) is 10.5. The van der Waals surface area contributed by atoms with Crippen molar-refractivity contribution < 1.29 is 38.1 Å². The number of ether oxygens (including phenoxy) is 4. The Hall–Kier alpha value is -4.01. The Bertz CT molecular complexity index is 1180. The number of carbonyl (C=O) groups excluding carboxylic acids is 2. The van der Waals surface area contributed by atoms with Crippen LogP contribution in [0.2, 0.25) is 0 Å². The number of hydrogen-bond donors (Lipinski definition) is 1. The zero-order valence-electron chi connectivity index (χ0n) is 16.6. The molecule has 1 aromatic heterocycles. The Balaban J connectivity index is 2.27. The van der Waals surface area contributed by atoms with Crippen LogP contribution in [0.25, 0.3) is 22.3 Å². The molecule has 1 N–H and O–H groups in total. The lowest BCUT2D eigenvalue weighted by Crippen LogP contribution is -2.09. The highest BCUT2D eigenvalue weighted by atomic mass is 16.5. The highest BCUT2D eigenvalue weighted by molar-refractivity contribution is 5.89. The number of fused-ring (bicyclic) bond motifs is 1. The first kappa shape index (κ1) is 20.7. The van der Waals surface area contributed by atoms with Crippen molar-refractivity contribution in [2.24, 2.45) is 0 Å². The standard InChI is InChI=1S/C21H18O9/c1-10(22)28-13-7-16(29-11(2)23)20-14(24)9-15(30-17(20)8-13)12-5-18(26-3)21(25)19(6-12)27-4/h5-9,25H,1-4H3. The lowest BCUT2D eigenvalue weighted by molar-refractivity contribution is -0.132. The zero-order valence-corrected chi connectivity index (χ0v) is 16.6. The predicted molar refractivity (Wildman–Crippen MR) is 105 cm³/mol. The number of phenolic OH excluding ortho intramolecular Hbond substituents is 1. The fraction of sp³-hybridized carbons (Fsp3) is 0.190. The van der Waals surface area contributed by atoms with Gasteiger partial charge in [-0.15, -0.1) is 0 Å². The summed E-state index contributed by atoms with van der Waals surface area (Å²) in [6, 6.07) is 6.72. The van der Waals surface area contributed by atoms with Gasteiger partial charge in [-0.3, -0.25) is 14.4 Å². The van der Waals surface area contributed by atoms with Crippen LogP contribution in [0.4, 0.5) is 0 Å². The van der Waals surface area contributed by atoms with Gasteiger partial charge in [-0.05, 0) is 12.1 Å². The van der Waals surface area contributed by atoms with Gasteiger partial charge in [0.2, 0.25) is 5.75 Å². The molecule has 0 fully saturated rings. The fourth-order valence-electron chi connectivity index (χ4n) is 2.87. The lowest BCUT2D eigenvalue weighted by Gasteiger charge is -2.12. The molecule has 0 unspecified atom stereocenters. The van der Waals surface area contributed by atoms with Crippen LogP contribution in [0, 0.1) is 0 Å². The van der Waals surface area contributed by atoms with Gasteiger partial charge in [0.25, 0.3) is 0 Å². The molecule has 2 aromatic carbocycles. The number of carbonyl (C=O) groups is 2. The first-order valence-corrected chi connectivity index (χ1v) is 8.67. The molecule has 0 amide bonds. The summed E-state index contributed by atoms with van der Waals surface area (Å²) in [6.45, 7) is 2.38. The van der Waals surface area contributed by atoms with Crippen LogP contribution in [0.5, 0.6) is 28.7 Å². The molecule has 9 heteroatoms. The summed E-state index contributed by atoms with van der Waals surface area (Å²) in [5.74, 6) is -1.19. The largest absolute Gasteiger partial charge is 0.502 e. The minimum Gasteiger partial charge on any atom is -0.502 e. The fourth-order valence-corrected chi connectivity index (χ4v) is 2.87. The summed E-state index contributed by atoms with van der Waals surface area (Å²) in [7, 11) is 2.73. The van der Waals surface area contributed by atoms with E-state index in [9.17, 15) is 19.5 Å². The molecule has 0 saturated carbocycles. The monoisotopic (exact) mass is 414 g/mol.